The number of rotatable bonds is 7. The molecule has 0 aliphatic carbocycles. The average Bonchev–Trinajstić information content (AvgIpc) is 2.35. The van der Waals surface area contributed by atoms with Crippen LogP contribution in [0.4, 0.5) is 0 Å². The first kappa shape index (κ1) is 13.8. The molecule has 0 radical (unpaired) electrons. The van der Waals surface area contributed by atoms with Crippen molar-refractivity contribution in [3.8, 4) is 0 Å². The molecule has 2 nitrogen and oxygen atoms in total. The molecule has 0 spiro atoms. The van der Waals surface area contributed by atoms with Crippen LogP contribution in [0.3, 0.4) is 0 Å². The van der Waals surface area contributed by atoms with E-state index in [9.17, 15) is 0 Å². The van der Waals surface area contributed by atoms with E-state index in [2.05, 4.69) is 56.1 Å². The molecule has 0 amide bonds. The minimum Gasteiger partial charge on any atom is -0.377 e. The molecule has 1 aromatic rings. The molecule has 0 fully saturated rings. The first-order chi connectivity index (χ1) is 8.24. The second-order valence-corrected chi connectivity index (χ2v) is 4.26. The topological polar surface area (TPSA) is 12.5 Å². The highest BCUT2D eigenvalue weighted by molar-refractivity contribution is 5.15. The van der Waals surface area contributed by atoms with Gasteiger partial charge in [-0.15, -0.1) is 0 Å². The van der Waals surface area contributed by atoms with Gasteiger partial charge in [0.1, 0.15) is 0 Å². The van der Waals surface area contributed by atoms with Crippen molar-refractivity contribution in [3.63, 3.8) is 0 Å². The van der Waals surface area contributed by atoms with E-state index >= 15 is 0 Å². The van der Waals surface area contributed by atoms with E-state index in [4.69, 9.17) is 4.74 Å². The predicted molar refractivity (Wildman–Crippen MR) is 72.8 cm³/mol. The van der Waals surface area contributed by atoms with Gasteiger partial charge in [-0.2, -0.15) is 0 Å². The Morgan fingerprint density at radius 2 is 2.00 bits per heavy atom. The van der Waals surface area contributed by atoms with E-state index in [-0.39, 0.29) is 0 Å². The van der Waals surface area contributed by atoms with Crippen LogP contribution in [0.2, 0.25) is 0 Å². The molecule has 0 aliphatic rings. The number of allylic oxidation sites excluding steroid dienone is 1. The Kier molecular flexibility index (Phi) is 6.41. The third-order valence-electron chi connectivity index (χ3n) is 2.71. The maximum Gasteiger partial charge on any atom is 0.0666 e. The SMILES string of the molecule is CCCOC/C=C(/C)N(C)Cc1ccccc1. The van der Waals surface area contributed by atoms with Crippen molar-refractivity contribution in [1.29, 1.82) is 0 Å². The first-order valence-corrected chi connectivity index (χ1v) is 6.23. The summed E-state index contributed by atoms with van der Waals surface area (Å²) >= 11 is 0. The fourth-order valence-corrected chi connectivity index (χ4v) is 1.55. The van der Waals surface area contributed by atoms with E-state index in [1.54, 1.807) is 0 Å². The summed E-state index contributed by atoms with van der Waals surface area (Å²) in [5.74, 6) is 0. The molecule has 0 aliphatic heterocycles. The van der Waals surface area contributed by atoms with Crippen molar-refractivity contribution < 1.29 is 4.74 Å². The van der Waals surface area contributed by atoms with Crippen LogP contribution in [0.15, 0.2) is 42.1 Å². The van der Waals surface area contributed by atoms with Gasteiger partial charge in [0, 0.05) is 25.9 Å². The zero-order chi connectivity index (χ0) is 12.5. The van der Waals surface area contributed by atoms with Gasteiger partial charge in [-0.3, -0.25) is 0 Å². The largest absolute Gasteiger partial charge is 0.377 e. The summed E-state index contributed by atoms with van der Waals surface area (Å²) in [6, 6.07) is 10.5. The molecule has 0 unspecified atom stereocenters. The summed E-state index contributed by atoms with van der Waals surface area (Å²) in [5, 5.41) is 0. The fourth-order valence-electron chi connectivity index (χ4n) is 1.55. The summed E-state index contributed by atoms with van der Waals surface area (Å²) in [6.45, 7) is 6.73. The maximum atomic E-state index is 5.45. The molecule has 1 aromatic carbocycles. The zero-order valence-corrected chi connectivity index (χ0v) is 11.1. The highest BCUT2D eigenvalue weighted by Crippen LogP contribution is 2.07. The van der Waals surface area contributed by atoms with E-state index in [1.165, 1.54) is 11.3 Å². The number of nitrogens with zero attached hydrogens (tertiary/aromatic N) is 1. The van der Waals surface area contributed by atoms with Gasteiger partial charge in [0.05, 0.1) is 6.61 Å². The van der Waals surface area contributed by atoms with E-state index in [0.717, 1.165) is 19.6 Å². The molecule has 0 saturated carbocycles. The van der Waals surface area contributed by atoms with Crippen molar-refractivity contribution in [1.82, 2.24) is 4.90 Å². The van der Waals surface area contributed by atoms with Crippen LogP contribution in [-0.4, -0.2) is 25.2 Å². The average molecular weight is 233 g/mol. The first-order valence-electron chi connectivity index (χ1n) is 6.23. The molecule has 0 N–H and O–H groups in total. The minimum absolute atomic E-state index is 0.707. The van der Waals surface area contributed by atoms with Crippen molar-refractivity contribution >= 4 is 0 Å². The Labute approximate surface area is 105 Å². The van der Waals surface area contributed by atoms with Crippen LogP contribution in [0.25, 0.3) is 0 Å². The second kappa shape index (κ2) is 7.91. The third-order valence-corrected chi connectivity index (χ3v) is 2.71. The van der Waals surface area contributed by atoms with Gasteiger partial charge >= 0.3 is 0 Å². The summed E-state index contributed by atoms with van der Waals surface area (Å²) in [7, 11) is 2.11. The summed E-state index contributed by atoms with van der Waals surface area (Å²) in [6.07, 6.45) is 3.21. The van der Waals surface area contributed by atoms with Gasteiger partial charge in [0.25, 0.3) is 0 Å². The maximum absolute atomic E-state index is 5.45. The lowest BCUT2D eigenvalue weighted by atomic mass is 10.2. The Balaban J connectivity index is 2.38. The van der Waals surface area contributed by atoms with Gasteiger partial charge in [-0.05, 0) is 25.0 Å². The van der Waals surface area contributed by atoms with Crippen LogP contribution in [0, 0.1) is 0 Å². The predicted octanol–water partition coefficient (Wildman–Crippen LogP) is 3.45. The lowest BCUT2D eigenvalue weighted by molar-refractivity contribution is 0.161. The molecular formula is C15H23NO. The Hall–Kier alpha value is -1.28. The minimum atomic E-state index is 0.707. The van der Waals surface area contributed by atoms with Crippen molar-refractivity contribution in [3.05, 3.63) is 47.7 Å². The van der Waals surface area contributed by atoms with Gasteiger partial charge in [0.2, 0.25) is 0 Å². The lowest BCUT2D eigenvalue weighted by Gasteiger charge is -2.20. The highest BCUT2D eigenvalue weighted by Gasteiger charge is 1.99. The Bertz CT molecular complexity index is 332. The number of benzene rings is 1. The fraction of sp³-hybridized carbons (Fsp3) is 0.467. The summed E-state index contributed by atoms with van der Waals surface area (Å²) in [4.78, 5) is 2.24. The standard InChI is InChI=1S/C15H23NO/c1-4-11-17-12-10-14(2)16(3)13-15-8-6-5-7-9-15/h5-10H,4,11-13H2,1-3H3/b14-10-. The quantitative estimate of drug-likeness (QED) is 0.669. The van der Waals surface area contributed by atoms with Crippen LogP contribution in [-0.2, 0) is 11.3 Å². The molecule has 94 valence electrons. The molecule has 0 aromatic heterocycles. The lowest BCUT2D eigenvalue weighted by Crippen LogP contribution is -2.15. The molecule has 17 heavy (non-hydrogen) atoms. The zero-order valence-electron chi connectivity index (χ0n) is 11.1. The molecule has 0 atom stereocenters. The molecule has 2 heteroatoms. The van der Waals surface area contributed by atoms with E-state index in [1.807, 2.05) is 6.07 Å². The van der Waals surface area contributed by atoms with Gasteiger partial charge in [0.15, 0.2) is 0 Å². The summed E-state index contributed by atoms with van der Waals surface area (Å²) < 4.78 is 5.45. The monoisotopic (exact) mass is 233 g/mol. The molecule has 0 heterocycles. The molecular weight excluding hydrogens is 210 g/mol. The Morgan fingerprint density at radius 1 is 1.29 bits per heavy atom. The molecule has 0 bridgehead atoms. The number of hydrogen-bond donors (Lipinski definition) is 0. The van der Waals surface area contributed by atoms with Gasteiger partial charge in [-0.25, -0.2) is 0 Å². The third kappa shape index (κ3) is 5.55. The van der Waals surface area contributed by atoms with Gasteiger partial charge in [-0.1, -0.05) is 37.3 Å². The van der Waals surface area contributed by atoms with E-state index < -0.39 is 0 Å². The second-order valence-electron chi connectivity index (χ2n) is 4.26. The number of ether oxygens (including phenoxy) is 1. The van der Waals surface area contributed by atoms with E-state index in [0.29, 0.717) is 6.61 Å². The normalized spacial score (nSPS) is 11.6. The molecule has 0 saturated heterocycles. The van der Waals surface area contributed by atoms with Crippen LogP contribution >= 0.6 is 0 Å². The summed E-state index contributed by atoms with van der Waals surface area (Å²) in [5.41, 5.74) is 2.59. The highest BCUT2D eigenvalue weighted by atomic mass is 16.5. The van der Waals surface area contributed by atoms with Crippen LogP contribution < -0.4 is 0 Å². The van der Waals surface area contributed by atoms with Gasteiger partial charge < -0.3 is 9.64 Å². The smallest absolute Gasteiger partial charge is 0.0666 e. The van der Waals surface area contributed by atoms with Crippen LogP contribution in [0.5, 0.6) is 0 Å². The van der Waals surface area contributed by atoms with Crippen molar-refractivity contribution in [2.24, 2.45) is 0 Å². The Morgan fingerprint density at radius 3 is 2.65 bits per heavy atom. The van der Waals surface area contributed by atoms with Crippen molar-refractivity contribution in [2.75, 3.05) is 20.3 Å². The van der Waals surface area contributed by atoms with Crippen LogP contribution in [0.1, 0.15) is 25.8 Å². The van der Waals surface area contributed by atoms with Crippen molar-refractivity contribution in [2.45, 2.75) is 26.8 Å². The number of hydrogen-bond acceptors (Lipinski definition) is 2. The molecule has 1 rings (SSSR count).